The molecule has 250 valence electrons. The van der Waals surface area contributed by atoms with Gasteiger partial charge in [0, 0.05) is 30.8 Å². The Balaban J connectivity index is 1.94. The number of aryl methyl sites for hydroxylation is 1. The minimum Gasteiger partial charge on any atom is -0.465 e. The fourth-order valence-electron chi connectivity index (χ4n) is 5.29. The zero-order chi connectivity index (χ0) is 34.9. The predicted molar refractivity (Wildman–Crippen MR) is 186 cm³/mol. The molecule has 0 spiro atoms. The van der Waals surface area contributed by atoms with Gasteiger partial charge in [0.25, 0.3) is 0 Å². The highest BCUT2D eigenvalue weighted by Crippen LogP contribution is 2.40. The molecule has 0 aliphatic heterocycles. The van der Waals surface area contributed by atoms with Crippen molar-refractivity contribution in [1.82, 2.24) is 20.1 Å². The summed E-state index contributed by atoms with van der Waals surface area (Å²) in [6, 6.07) is 9.27. The van der Waals surface area contributed by atoms with Crippen molar-refractivity contribution >= 4 is 42.7 Å². The first-order chi connectivity index (χ1) is 21.8. The van der Waals surface area contributed by atoms with Gasteiger partial charge in [0.05, 0.1) is 27.7 Å². The van der Waals surface area contributed by atoms with Crippen LogP contribution < -0.4 is 10.6 Å². The zero-order valence-electron chi connectivity index (χ0n) is 28.3. The first-order valence-electron chi connectivity index (χ1n) is 15.4. The summed E-state index contributed by atoms with van der Waals surface area (Å²) < 4.78 is 36.7. The van der Waals surface area contributed by atoms with Crippen molar-refractivity contribution < 1.29 is 23.1 Å². The van der Waals surface area contributed by atoms with Crippen LogP contribution in [-0.2, 0) is 17.9 Å². The molecule has 2 aromatic carbocycles. The van der Waals surface area contributed by atoms with Gasteiger partial charge in [0.2, 0.25) is 0 Å². The van der Waals surface area contributed by atoms with Gasteiger partial charge in [-0.1, -0.05) is 44.4 Å². The summed E-state index contributed by atoms with van der Waals surface area (Å²) in [6.07, 6.45) is -1.40. The van der Waals surface area contributed by atoms with Crippen LogP contribution >= 0.6 is 11.6 Å². The predicted octanol–water partition coefficient (Wildman–Crippen LogP) is 8.70. The zero-order valence-corrected chi connectivity index (χ0v) is 30.0. The number of pyridine rings is 1. The van der Waals surface area contributed by atoms with E-state index in [1.807, 2.05) is 32.9 Å². The van der Waals surface area contributed by atoms with Crippen LogP contribution in [0.15, 0.2) is 42.5 Å². The number of rotatable bonds is 9. The Morgan fingerprint density at radius 3 is 2.32 bits per heavy atom. The van der Waals surface area contributed by atoms with Crippen LogP contribution in [0.5, 0.6) is 0 Å². The summed E-state index contributed by atoms with van der Waals surface area (Å²) in [4.78, 5) is 17.0. The Morgan fingerprint density at radius 1 is 1.09 bits per heavy atom. The molecule has 47 heavy (non-hydrogen) atoms. The number of halogens is 3. The second kappa shape index (κ2) is 13.6. The lowest BCUT2D eigenvalue weighted by molar-refractivity contribution is 0.151. The number of fused-ring (bicyclic) bond motifs is 1. The monoisotopic (exact) mass is 681 g/mol. The molecule has 0 aliphatic carbocycles. The summed E-state index contributed by atoms with van der Waals surface area (Å²) in [5.74, 6) is 5.43. The fourth-order valence-corrected chi connectivity index (χ4v) is 7.16. The number of benzene rings is 2. The average molecular weight is 682 g/mol. The lowest BCUT2D eigenvalue weighted by Gasteiger charge is -2.40. The second-order valence-corrected chi connectivity index (χ2v) is 18.7. The molecule has 2 aromatic heterocycles. The van der Waals surface area contributed by atoms with E-state index >= 15 is 0 Å². The molecule has 2 heterocycles. The van der Waals surface area contributed by atoms with E-state index in [0.29, 0.717) is 50.8 Å². The van der Waals surface area contributed by atoms with Gasteiger partial charge < -0.3 is 20.2 Å². The van der Waals surface area contributed by atoms with Crippen molar-refractivity contribution in [3.63, 3.8) is 0 Å². The molecule has 0 radical (unpaired) electrons. The van der Waals surface area contributed by atoms with Crippen molar-refractivity contribution in [2.24, 2.45) is 7.05 Å². The lowest BCUT2D eigenvalue weighted by Crippen LogP contribution is -2.47. The first kappa shape index (κ1) is 35.9. The molecule has 0 aliphatic rings. The van der Waals surface area contributed by atoms with Gasteiger partial charge in [-0.05, 0) is 87.1 Å². The van der Waals surface area contributed by atoms with E-state index in [1.54, 1.807) is 23.9 Å². The molecule has 12 heteroatoms. The number of nitrogens with one attached hydrogen (secondary N) is 2. The van der Waals surface area contributed by atoms with E-state index in [4.69, 9.17) is 21.0 Å². The molecule has 0 saturated carbocycles. The van der Waals surface area contributed by atoms with E-state index in [2.05, 4.69) is 61.4 Å². The third-order valence-electron chi connectivity index (χ3n) is 8.29. The molecule has 8 nitrogen and oxygen atoms in total. The van der Waals surface area contributed by atoms with Gasteiger partial charge >= 0.3 is 6.09 Å². The molecule has 0 fully saturated rings. The summed E-state index contributed by atoms with van der Waals surface area (Å²) in [7, 11) is -0.361. The maximum absolute atomic E-state index is 14.2. The van der Waals surface area contributed by atoms with E-state index in [1.165, 1.54) is 12.1 Å². The van der Waals surface area contributed by atoms with Crippen LogP contribution in [0.4, 0.5) is 19.4 Å². The third-order valence-corrected chi connectivity index (χ3v) is 13.2. The van der Waals surface area contributed by atoms with Gasteiger partial charge in [0.15, 0.2) is 14.1 Å². The average Bonchev–Trinajstić information content (AvgIpc) is 3.26. The molecule has 1 unspecified atom stereocenters. The Morgan fingerprint density at radius 2 is 1.72 bits per heavy atom. The summed E-state index contributed by atoms with van der Waals surface area (Å²) in [5, 5.41) is 21.5. The Bertz CT molecular complexity index is 1850. The number of carboxylic acid groups (broad SMARTS) is 1. The van der Waals surface area contributed by atoms with Crippen LogP contribution in [0.1, 0.15) is 64.5 Å². The van der Waals surface area contributed by atoms with Crippen molar-refractivity contribution in [2.45, 2.75) is 77.7 Å². The lowest BCUT2D eigenvalue weighted by atomic mass is 9.94. The highest BCUT2D eigenvalue weighted by molar-refractivity contribution is 6.74. The van der Waals surface area contributed by atoms with Gasteiger partial charge in [-0.2, -0.15) is 5.10 Å². The summed E-state index contributed by atoms with van der Waals surface area (Å²) >= 11 is 6.66. The molecule has 3 N–H and O–H groups in total. The molecule has 0 saturated heterocycles. The van der Waals surface area contributed by atoms with Crippen LogP contribution in [-0.4, -0.2) is 46.4 Å². The van der Waals surface area contributed by atoms with Crippen LogP contribution in [0.3, 0.4) is 0 Å². The maximum atomic E-state index is 14.2. The number of nitrogens with zero attached hydrogens (tertiary/aromatic N) is 3. The van der Waals surface area contributed by atoms with Crippen molar-refractivity contribution in [2.75, 3.05) is 11.9 Å². The molecule has 4 aromatic rings. The molecule has 1 atom stereocenters. The number of aromatic nitrogens is 3. The number of anilines is 1. The number of hydrogen-bond donors (Lipinski definition) is 3. The molecule has 4 rings (SSSR count). The SMILES string of the molecule is CCNc1nn(C)c2c(-c3ccc(C#CC(C)(C)O[Si](C)(C)C(C)(C)C)nc3C(Cc3cc(F)cc(F)c3)NC(=O)O)ccc(Cl)c12. The number of amides is 1. The molecular formula is C35H42ClF2N5O3Si. The fraction of sp³-hybridized carbons (Fsp3) is 0.400. The molecular weight excluding hydrogens is 640 g/mol. The van der Waals surface area contributed by atoms with Crippen molar-refractivity contribution in [3.8, 4) is 23.0 Å². The van der Waals surface area contributed by atoms with Crippen LogP contribution in [0.25, 0.3) is 22.0 Å². The Kier molecular flexibility index (Phi) is 10.4. The van der Waals surface area contributed by atoms with Gasteiger partial charge in [0.1, 0.15) is 22.9 Å². The maximum Gasteiger partial charge on any atom is 0.405 e. The summed E-state index contributed by atoms with van der Waals surface area (Å²) in [5.41, 5.74) is 2.13. The van der Waals surface area contributed by atoms with Gasteiger partial charge in [-0.15, -0.1) is 0 Å². The standard InChI is InChI=1S/C35H42ClF2N5O3Si/c1-10-39-32-29-27(36)14-13-26(31(29)43(7)42-32)25-12-11-24(15-16-35(5,6)46-47(8,9)34(2,3)4)40-30(25)28(41-33(44)45)19-21-17-22(37)20-23(38)18-21/h11-14,17-18,20,28,41H,10,19H2,1-9H3,(H,39,42)(H,44,45). The first-order valence-corrected chi connectivity index (χ1v) is 18.7. The van der Waals surface area contributed by atoms with Crippen molar-refractivity contribution in [3.05, 3.63) is 76.1 Å². The van der Waals surface area contributed by atoms with E-state index < -0.39 is 37.7 Å². The Labute approximate surface area is 281 Å². The number of hydrogen-bond acceptors (Lipinski definition) is 5. The van der Waals surface area contributed by atoms with E-state index in [-0.39, 0.29) is 17.0 Å². The quantitative estimate of drug-likeness (QED) is 0.121. The smallest absolute Gasteiger partial charge is 0.405 e. The topological polar surface area (TPSA) is 101 Å². The minimum absolute atomic E-state index is 0.0205. The minimum atomic E-state index is -2.16. The van der Waals surface area contributed by atoms with Crippen molar-refractivity contribution in [1.29, 1.82) is 0 Å². The van der Waals surface area contributed by atoms with Crippen LogP contribution in [0, 0.1) is 23.5 Å². The highest BCUT2D eigenvalue weighted by Gasteiger charge is 2.41. The highest BCUT2D eigenvalue weighted by atomic mass is 35.5. The molecule has 0 bridgehead atoms. The van der Waals surface area contributed by atoms with Gasteiger partial charge in [-0.25, -0.2) is 18.6 Å². The van der Waals surface area contributed by atoms with Crippen LogP contribution in [0.2, 0.25) is 23.2 Å². The van der Waals surface area contributed by atoms with E-state index in [0.717, 1.165) is 6.07 Å². The normalized spacial score (nSPS) is 12.9. The van der Waals surface area contributed by atoms with E-state index in [9.17, 15) is 18.7 Å². The summed E-state index contributed by atoms with van der Waals surface area (Å²) in [6.45, 7) is 17.2. The van der Waals surface area contributed by atoms with Gasteiger partial charge in [-0.3, -0.25) is 4.68 Å². The Hall–Kier alpha value is -3.98. The number of carbonyl (C=O) groups is 1. The second-order valence-electron chi connectivity index (χ2n) is 13.6. The third kappa shape index (κ3) is 8.30. The largest absolute Gasteiger partial charge is 0.465 e. The molecule has 1 amide bonds.